The summed E-state index contributed by atoms with van der Waals surface area (Å²) in [6.07, 6.45) is 2.82. The maximum absolute atomic E-state index is 16.1. The first-order valence-corrected chi connectivity index (χ1v) is 14.2. The number of hydrogen-bond acceptors (Lipinski definition) is 7. The molecule has 1 aromatic carbocycles. The van der Waals surface area contributed by atoms with E-state index in [1.54, 1.807) is 17.2 Å². The topological polar surface area (TPSA) is 126 Å². The van der Waals surface area contributed by atoms with Crippen LogP contribution in [0.15, 0.2) is 54.0 Å². The van der Waals surface area contributed by atoms with Crippen LogP contribution in [0.4, 0.5) is 25.8 Å². The Balaban J connectivity index is 1.73. The van der Waals surface area contributed by atoms with E-state index in [1.165, 1.54) is 33.7 Å². The molecule has 226 valence electrons. The lowest BCUT2D eigenvalue weighted by atomic mass is 9.98. The number of halogens is 2. The summed E-state index contributed by atoms with van der Waals surface area (Å²) in [5.41, 5.74) is 6.83. The van der Waals surface area contributed by atoms with Crippen LogP contribution in [-0.2, 0) is 9.59 Å². The number of carbonyl (C=O) groups excluding carboxylic acids is 2. The fraction of sp³-hybridized carbons (Fsp3) is 0.281. The summed E-state index contributed by atoms with van der Waals surface area (Å²) in [6.45, 7) is 11.2. The van der Waals surface area contributed by atoms with Crippen molar-refractivity contribution in [3.63, 3.8) is 0 Å². The van der Waals surface area contributed by atoms with Gasteiger partial charge in [0.15, 0.2) is 11.5 Å². The third kappa shape index (κ3) is 4.31. The summed E-state index contributed by atoms with van der Waals surface area (Å²) in [4.78, 5) is 53.0. The molecule has 0 radical (unpaired) electrons. The molecule has 2 atom stereocenters. The minimum absolute atomic E-state index is 0.0211. The number of pyridine rings is 3. The van der Waals surface area contributed by atoms with Crippen LogP contribution in [0.5, 0.6) is 0 Å². The number of rotatable bonds is 4. The zero-order valence-corrected chi connectivity index (χ0v) is 24.7. The standard InChI is InChI=1S/C32H31F2N7O3/c1-6-23(42)39-14-22-31(43)38-27-29(40(22)13-17(39)5)18-12-20(34)26(24-19(33)8-7-9-21(24)35)37-30(18)41(32(27)44)28-16(4)10-11-36-25(28)15(2)3/h6-12,15,17,22H,1,13-14,35H2,2-5H3,(H,38,43). The highest BCUT2D eigenvalue weighted by atomic mass is 19.1. The first-order chi connectivity index (χ1) is 20.9. The molecule has 0 bridgehead atoms. The number of carbonyl (C=O) groups is 2. The summed E-state index contributed by atoms with van der Waals surface area (Å²) in [5.74, 6) is -2.57. The number of aryl methyl sites for hydroxylation is 1. The van der Waals surface area contributed by atoms with Gasteiger partial charge in [0.05, 0.1) is 29.2 Å². The van der Waals surface area contributed by atoms with E-state index < -0.39 is 29.1 Å². The Bertz CT molecular complexity index is 1930. The van der Waals surface area contributed by atoms with Gasteiger partial charge in [-0.1, -0.05) is 26.5 Å². The van der Waals surface area contributed by atoms with Crippen LogP contribution >= 0.6 is 0 Å². The number of piperazine rings is 1. The molecule has 2 amide bonds. The number of fused-ring (bicyclic) bond motifs is 5. The fourth-order valence-electron chi connectivity index (χ4n) is 6.21. The van der Waals surface area contributed by atoms with Crippen LogP contribution in [0.25, 0.3) is 28.0 Å². The number of hydrogen-bond donors (Lipinski definition) is 2. The Kier molecular flexibility index (Phi) is 6.94. The number of aromatic nitrogens is 3. The lowest BCUT2D eigenvalue weighted by Gasteiger charge is -2.48. The summed E-state index contributed by atoms with van der Waals surface area (Å²) >= 11 is 0. The van der Waals surface area contributed by atoms with Crippen molar-refractivity contribution < 1.29 is 18.4 Å². The molecule has 44 heavy (non-hydrogen) atoms. The quantitative estimate of drug-likeness (QED) is 0.265. The van der Waals surface area contributed by atoms with Crippen LogP contribution in [-0.4, -0.2) is 56.4 Å². The van der Waals surface area contributed by atoms with Gasteiger partial charge in [-0.2, -0.15) is 0 Å². The van der Waals surface area contributed by atoms with Crippen LogP contribution in [0, 0.1) is 18.6 Å². The summed E-state index contributed by atoms with van der Waals surface area (Å²) in [7, 11) is 0. The number of nitrogen functional groups attached to an aromatic ring is 1. The lowest BCUT2D eigenvalue weighted by molar-refractivity contribution is -0.130. The van der Waals surface area contributed by atoms with E-state index in [1.807, 2.05) is 27.7 Å². The first-order valence-electron chi connectivity index (χ1n) is 14.2. The van der Waals surface area contributed by atoms with Crippen LogP contribution in [0.1, 0.15) is 37.9 Å². The predicted molar refractivity (Wildman–Crippen MR) is 165 cm³/mol. The summed E-state index contributed by atoms with van der Waals surface area (Å²) in [5, 5.41) is 2.96. The van der Waals surface area contributed by atoms with E-state index in [-0.39, 0.29) is 70.3 Å². The van der Waals surface area contributed by atoms with Gasteiger partial charge < -0.3 is 20.9 Å². The monoisotopic (exact) mass is 599 g/mol. The summed E-state index contributed by atoms with van der Waals surface area (Å²) < 4.78 is 32.5. The van der Waals surface area contributed by atoms with Crippen molar-refractivity contribution in [3.05, 3.63) is 82.4 Å². The van der Waals surface area contributed by atoms with Gasteiger partial charge in [-0.15, -0.1) is 0 Å². The zero-order valence-electron chi connectivity index (χ0n) is 24.7. The molecule has 0 spiro atoms. The third-order valence-electron chi connectivity index (χ3n) is 8.32. The Hall–Kier alpha value is -5.13. The molecule has 12 heteroatoms. The molecule has 6 rings (SSSR count). The predicted octanol–water partition coefficient (Wildman–Crippen LogP) is 4.28. The largest absolute Gasteiger partial charge is 0.398 e. The van der Waals surface area contributed by atoms with E-state index in [9.17, 15) is 14.4 Å². The minimum Gasteiger partial charge on any atom is -0.398 e. The van der Waals surface area contributed by atoms with E-state index in [4.69, 9.17) is 5.73 Å². The van der Waals surface area contributed by atoms with Gasteiger partial charge in [0, 0.05) is 29.9 Å². The number of nitrogens with zero attached hydrogens (tertiary/aromatic N) is 5. The SMILES string of the molecule is C=CC(=O)N1CC2C(=O)Nc3c(c4cc(F)c(-c5c(N)cccc5F)nc4n(-c4c(C)ccnc4C(C)C)c3=O)N2CC1C. The molecule has 5 heterocycles. The van der Waals surface area contributed by atoms with E-state index in [2.05, 4.69) is 21.9 Å². The normalized spacial score (nSPS) is 17.8. The van der Waals surface area contributed by atoms with Gasteiger partial charge in [-0.25, -0.2) is 13.8 Å². The second kappa shape index (κ2) is 10.5. The molecule has 3 N–H and O–H groups in total. The van der Waals surface area contributed by atoms with Crippen molar-refractivity contribution in [2.75, 3.05) is 29.0 Å². The molecular formula is C32H31F2N7O3. The highest BCUT2D eigenvalue weighted by Gasteiger charge is 2.44. The van der Waals surface area contributed by atoms with E-state index in [0.717, 1.165) is 6.07 Å². The Morgan fingerprint density at radius 1 is 1.16 bits per heavy atom. The maximum Gasteiger partial charge on any atom is 0.282 e. The lowest BCUT2D eigenvalue weighted by Crippen LogP contribution is -2.64. The molecule has 4 aromatic rings. The Morgan fingerprint density at radius 2 is 1.91 bits per heavy atom. The van der Waals surface area contributed by atoms with Crippen molar-refractivity contribution in [1.29, 1.82) is 0 Å². The van der Waals surface area contributed by atoms with Crippen LogP contribution in [0.3, 0.4) is 0 Å². The highest BCUT2D eigenvalue weighted by Crippen LogP contribution is 2.42. The molecule has 1 fully saturated rings. The number of nitrogens with two attached hydrogens (primary N) is 1. The number of nitrogens with one attached hydrogen (secondary N) is 1. The van der Waals surface area contributed by atoms with Gasteiger partial charge in [0.25, 0.3) is 5.56 Å². The maximum atomic E-state index is 16.1. The summed E-state index contributed by atoms with van der Waals surface area (Å²) in [6, 6.07) is 5.72. The molecule has 1 saturated heterocycles. The molecule has 3 aromatic heterocycles. The number of amides is 2. The van der Waals surface area contributed by atoms with Crippen molar-refractivity contribution >= 4 is 39.9 Å². The van der Waals surface area contributed by atoms with Gasteiger partial charge in [-0.3, -0.25) is 23.9 Å². The van der Waals surface area contributed by atoms with Crippen molar-refractivity contribution in [2.24, 2.45) is 0 Å². The van der Waals surface area contributed by atoms with E-state index >= 15 is 8.78 Å². The number of benzene rings is 1. The van der Waals surface area contributed by atoms with Crippen molar-refractivity contribution in [1.82, 2.24) is 19.4 Å². The van der Waals surface area contributed by atoms with E-state index in [0.29, 0.717) is 16.9 Å². The van der Waals surface area contributed by atoms with Crippen LogP contribution < -0.4 is 21.5 Å². The molecule has 0 aliphatic carbocycles. The third-order valence-corrected chi connectivity index (χ3v) is 8.32. The molecule has 2 aliphatic heterocycles. The second-order valence-corrected chi connectivity index (χ2v) is 11.5. The Morgan fingerprint density at radius 3 is 2.59 bits per heavy atom. The van der Waals surface area contributed by atoms with Gasteiger partial charge in [0.2, 0.25) is 11.8 Å². The minimum atomic E-state index is -0.865. The molecule has 2 unspecified atom stereocenters. The average Bonchev–Trinajstić information content (AvgIpc) is 2.97. The second-order valence-electron chi connectivity index (χ2n) is 11.5. The van der Waals surface area contributed by atoms with Crippen molar-refractivity contribution in [2.45, 2.75) is 45.7 Å². The molecule has 2 aliphatic rings. The Labute approximate surface area is 251 Å². The fourth-order valence-corrected chi connectivity index (χ4v) is 6.21. The average molecular weight is 600 g/mol. The van der Waals surface area contributed by atoms with Crippen LogP contribution in [0.2, 0.25) is 0 Å². The van der Waals surface area contributed by atoms with Gasteiger partial charge in [0.1, 0.15) is 23.2 Å². The van der Waals surface area contributed by atoms with Crippen molar-refractivity contribution in [3.8, 4) is 16.9 Å². The zero-order chi connectivity index (χ0) is 31.6. The highest BCUT2D eigenvalue weighted by molar-refractivity contribution is 6.11. The molecular weight excluding hydrogens is 568 g/mol. The molecule has 0 saturated carbocycles. The molecule has 10 nitrogen and oxygen atoms in total. The number of anilines is 3. The van der Waals surface area contributed by atoms with Gasteiger partial charge in [-0.05, 0) is 55.7 Å². The smallest absolute Gasteiger partial charge is 0.282 e. The van der Waals surface area contributed by atoms with Gasteiger partial charge >= 0.3 is 0 Å². The first kappa shape index (κ1) is 29.0.